The van der Waals surface area contributed by atoms with E-state index in [0.717, 1.165) is 39.4 Å². The van der Waals surface area contributed by atoms with Crippen LogP contribution in [0, 0.1) is 43.4 Å². The fraction of sp³-hybridized carbons (Fsp3) is 0.368. The van der Waals surface area contributed by atoms with Crippen LogP contribution in [0.25, 0.3) is 11.1 Å². The number of aromatic nitrogens is 1. The van der Waals surface area contributed by atoms with Gasteiger partial charge in [0.05, 0.1) is 81.6 Å². The maximum atomic E-state index is 12.1. The number of benzene rings is 3. The highest BCUT2D eigenvalue weighted by Gasteiger charge is 2.19. The van der Waals surface area contributed by atoms with Gasteiger partial charge in [-0.15, -0.1) is 0 Å². The van der Waals surface area contributed by atoms with Crippen molar-refractivity contribution in [3.8, 4) is 29.0 Å². The van der Waals surface area contributed by atoms with Crippen molar-refractivity contribution in [2.75, 3.05) is 66.1 Å². The molecule has 0 aliphatic rings. The third-order valence-electron chi connectivity index (χ3n) is 7.85. The molecule has 0 fully saturated rings. The van der Waals surface area contributed by atoms with Crippen molar-refractivity contribution < 1.29 is 36.3 Å². The summed E-state index contributed by atoms with van der Waals surface area (Å²) in [5.74, 6) is 0.742. The van der Waals surface area contributed by atoms with Gasteiger partial charge in [0.15, 0.2) is 0 Å². The van der Waals surface area contributed by atoms with Crippen LogP contribution in [0.1, 0.15) is 33.6 Å². The molecule has 3 aromatic carbocycles. The summed E-state index contributed by atoms with van der Waals surface area (Å²) in [5.41, 5.74) is 6.98. The highest BCUT2D eigenvalue weighted by molar-refractivity contribution is 7.86. The van der Waals surface area contributed by atoms with Crippen molar-refractivity contribution in [3.63, 3.8) is 0 Å². The van der Waals surface area contributed by atoms with Crippen LogP contribution < -0.4 is 4.74 Å². The summed E-state index contributed by atoms with van der Waals surface area (Å²) in [6.07, 6.45) is 0. The van der Waals surface area contributed by atoms with Crippen molar-refractivity contribution in [2.45, 2.75) is 32.2 Å². The number of hydrogen-bond acceptors (Lipinski definition) is 10. The summed E-state index contributed by atoms with van der Waals surface area (Å²) in [7, 11) is -3.79. The first-order valence-electron chi connectivity index (χ1n) is 16.3. The van der Waals surface area contributed by atoms with Crippen molar-refractivity contribution in [1.29, 1.82) is 10.5 Å². The predicted octanol–water partition coefficient (Wildman–Crippen LogP) is 5.72. The molecule has 4 rings (SSSR count). The maximum absolute atomic E-state index is 12.1. The monoisotopic (exact) mass is 701 g/mol. The smallest absolute Gasteiger partial charge is 0.297 e. The number of aryl methyl sites for hydroxylation is 1. The molecule has 12 heteroatoms. The second-order valence-corrected chi connectivity index (χ2v) is 13.0. The molecular weight excluding hydrogens is 658 g/mol. The van der Waals surface area contributed by atoms with Crippen molar-refractivity contribution in [3.05, 3.63) is 106 Å². The summed E-state index contributed by atoms with van der Waals surface area (Å²) >= 11 is 0. The Morgan fingerprint density at radius 2 is 1.16 bits per heavy atom. The first-order chi connectivity index (χ1) is 24.2. The normalized spacial score (nSPS) is 11.3. The molecule has 4 aromatic rings. The van der Waals surface area contributed by atoms with Crippen LogP contribution in [0.15, 0.2) is 77.7 Å². The average molecular weight is 702 g/mol. The zero-order valence-corrected chi connectivity index (χ0v) is 29.5. The van der Waals surface area contributed by atoms with Gasteiger partial charge in [-0.1, -0.05) is 42.0 Å². The third kappa shape index (κ3) is 11.3. The predicted molar refractivity (Wildman–Crippen MR) is 187 cm³/mol. The Balaban J connectivity index is 1.02. The summed E-state index contributed by atoms with van der Waals surface area (Å²) < 4.78 is 59.1. The largest absolute Gasteiger partial charge is 0.491 e. The SMILES string of the molecule is Cc1ccc(S(=O)(=O)OCCOCCOCCOCCOCCOc2ccc(Cn3c(C)c(C#N)c(-c4ccc(C#N)cc4)c3C)cc2)cc1. The lowest BCUT2D eigenvalue weighted by Crippen LogP contribution is -2.15. The molecule has 0 aliphatic heterocycles. The van der Waals surface area contributed by atoms with E-state index in [4.69, 9.17) is 33.1 Å². The van der Waals surface area contributed by atoms with E-state index in [-0.39, 0.29) is 18.1 Å². The fourth-order valence-electron chi connectivity index (χ4n) is 5.15. The van der Waals surface area contributed by atoms with Gasteiger partial charge in [-0.25, -0.2) is 0 Å². The van der Waals surface area contributed by atoms with Crippen molar-refractivity contribution in [1.82, 2.24) is 4.57 Å². The zero-order chi connectivity index (χ0) is 35.8. The van der Waals surface area contributed by atoms with E-state index in [2.05, 4.69) is 16.7 Å². The topological polar surface area (TPSA) is 142 Å². The maximum Gasteiger partial charge on any atom is 0.297 e. The van der Waals surface area contributed by atoms with Crippen LogP contribution in [0.5, 0.6) is 5.75 Å². The van der Waals surface area contributed by atoms with Crippen LogP contribution in [-0.2, 0) is 39.8 Å². The summed E-state index contributed by atoms with van der Waals surface area (Å²) in [4.78, 5) is 0.122. The summed E-state index contributed by atoms with van der Waals surface area (Å²) in [6.45, 7) is 9.73. The van der Waals surface area contributed by atoms with E-state index in [0.29, 0.717) is 70.5 Å². The molecule has 11 nitrogen and oxygen atoms in total. The van der Waals surface area contributed by atoms with E-state index in [9.17, 15) is 13.7 Å². The minimum absolute atomic E-state index is 0.0685. The molecule has 0 saturated heterocycles. The van der Waals surface area contributed by atoms with Gasteiger partial charge < -0.3 is 28.3 Å². The second kappa shape index (κ2) is 19.6. The van der Waals surface area contributed by atoms with Gasteiger partial charge in [-0.05, 0) is 68.3 Å². The number of hydrogen-bond donors (Lipinski definition) is 0. The molecule has 264 valence electrons. The summed E-state index contributed by atoms with van der Waals surface area (Å²) in [5, 5.41) is 19.0. The van der Waals surface area contributed by atoms with Crippen molar-refractivity contribution >= 4 is 10.1 Å². The van der Waals surface area contributed by atoms with Gasteiger partial charge in [0, 0.05) is 23.5 Å². The average Bonchev–Trinajstić information content (AvgIpc) is 3.36. The molecule has 0 amide bonds. The van der Waals surface area contributed by atoms with E-state index >= 15 is 0 Å². The van der Waals surface area contributed by atoms with Crippen LogP contribution >= 0.6 is 0 Å². The van der Waals surface area contributed by atoms with Crippen LogP contribution in [-0.4, -0.2) is 79.1 Å². The van der Waals surface area contributed by atoms with Gasteiger partial charge in [-0.3, -0.25) is 4.18 Å². The lowest BCUT2D eigenvalue weighted by Gasteiger charge is -2.12. The molecule has 0 aliphatic carbocycles. The van der Waals surface area contributed by atoms with Gasteiger partial charge in [0.1, 0.15) is 18.4 Å². The van der Waals surface area contributed by atoms with Gasteiger partial charge in [-0.2, -0.15) is 18.9 Å². The van der Waals surface area contributed by atoms with E-state index in [1.807, 2.05) is 57.2 Å². The molecule has 1 aromatic heterocycles. The van der Waals surface area contributed by atoms with E-state index in [1.165, 1.54) is 12.1 Å². The Kier molecular flexibility index (Phi) is 15.0. The highest BCUT2D eigenvalue weighted by atomic mass is 32.2. The Bertz CT molecular complexity index is 1840. The molecule has 0 atom stereocenters. The third-order valence-corrected chi connectivity index (χ3v) is 9.18. The second-order valence-electron chi connectivity index (χ2n) is 11.3. The number of nitriles is 2. The lowest BCUT2D eigenvalue weighted by atomic mass is 10.0. The molecular formula is C38H43N3O8S. The molecule has 0 unspecified atom stereocenters. The van der Waals surface area contributed by atoms with Crippen LogP contribution in [0.4, 0.5) is 0 Å². The van der Waals surface area contributed by atoms with Crippen LogP contribution in [0.3, 0.4) is 0 Å². The first kappa shape index (κ1) is 38.3. The van der Waals surface area contributed by atoms with Crippen LogP contribution in [0.2, 0.25) is 0 Å². The van der Waals surface area contributed by atoms with E-state index < -0.39 is 10.1 Å². The Labute approximate surface area is 294 Å². The zero-order valence-electron chi connectivity index (χ0n) is 28.7. The standard InChI is InChI=1S/C38H43N3O8S/c1-29-4-14-36(15-5-29)50(42,43)49-25-23-47-21-19-45-17-16-44-18-20-46-22-24-48-35-12-8-33(9-13-35)28-41-30(2)37(27-40)38(31(41)3)34-10-6-32(26-39)7-11-34/h4-15H,16-25,28H2,1-3H3. The molecule has 0 N–H and O–H groups in total. The molecule has 0 radical (unpaired) electrons. The first-order valence-corrected chi connectivity index (χ1v) is 17.7. The summed E-state index contributed by atoms with van der Waals surface area (Å²) in [6, 6.07) is 26.2. The number of ether oxygens (including phenoxy) is 5. The quantitative estimate of drug-likeness (QED) is 0.0782. The molecule has 50 heavy (non-hydrogen) atoms. The molecule has 0 bridgehead atoms. The number of rotatable bonds is 21. The fourth-order valence-corrected chi connectivity index (χ4v) is 6.04. The van der Waals surface area contributed by atoms with E-state index in [1.54, 1.807) is 24.3 Å². The molecule has 0 saturated carbocycles. The Morgan fingerprint density at radius 1 is 0.620 bits per heavy atom. The Hall–Kier alpha value is -4.53. The number of nitrogens with zero attached hydrogens (tertiary/aromatic N) is 3. The van der Waals surface area contributed by atoms with Crippen molar-refractivity contribution in [2.24, 2.45) is 0 Å². The minimum Gasteiger partial charge on any atom is -0.491 e. The Morgan fingerprint density at radius 3 is 1.70 bits per heavy atom. The van der Waals surface area contributed by atoms with Gasteiger partial charge >= 0.3 is 0 Å². The highest BCUT2D eigenvalue weighted by Crippen LogP contribution is 2.33. The molecule has 0 spiro atoms. The van der Waals surface area contributed by atoms with Gasteiger partial charge in [0.25, 0.3) is 10.1 Å². The minimum atomic E-state index is -3.79. The van der Waals surface area contributed by atoms with Gasteiger partial charge in [0.2, 0.25) is 0 Å². The lowest BCUT2D eigenvalue weighted by molar-refractivity contribution is -0.00682. The molecule has 1 heterocycles.